The van der Waals surface area contributed by atoms with Gasteiger partial charge in [-0.05, 0) is 25.7 Å². The first kappa shape index (κ1) is 17.0. The second-order valence-electron chi connectivity index (χ2n) is 5.64. The Labute approximate surface area is 147 Å². The zero-order valence-electron chi connectivity index (χ0n) is 13.2. The fourth-order valence-corrected chi connectivity index (χ4v) is 4.10. The molecule has 0 radical (unpaired) electrons. The van der Waals surface area contributed by atoms with Crippen molar-refractivity contribution in [2.45, 2.75) is 51.4 Å². The molecule has 128 valence electrons. The number of aryl methyl sites for hydroxylation is 2. The van der Waals surface area contributed by atoms with E-state index in [0.29, 0.717) is 10.3 Å². The summed E-state index contributed by atoms with van der Waals surface area (Å²) >= 11 is 2.81. The van der Waals surface area contributed by atoms with Gasteiger partial charge in [0.25, 0.3) is 0 Å². The largest absolute Gasteiger partial charge is 0.302 e. The van der Waals surface area contributed by atoms with Crippen molar-refractivity contribution in [1.29, 1.82) is 0 Å². The predicted molar refractivity (Wildman–Crippen MR) is 94.4 cm³/mol. The van der Waals surface area contributed by atoms with E-state index in [-0.39, 0.29) is 24.7 Å². The van der Waals surface area contributed by atoms with E-state index in [1.54, 1.807) is 11.3 Å². The molecule has 3 rings (SSSR count). The molecular weight excluding hydrogens is 346 g/mol. The van der Waals surface area contributed by atoms with Gasteiger partial charge < -0.3 is 10.6 Å². The number of hydrogen-bond donors (Lipinski definition) is 2. The summed E-state index contributed by atoms with van der Waals surface area (Å²) in [6.07, 6.45) is 7.14. The third-order valence-electron chi connectivity index (χ3n) is 3.78. The van der Waals surface area contributed by atoms with Crippen LogP contribution in [0.2, 0.25) is 0 Å². The van der Waals surface area contributed by atoms with E-state index in [9.17, 15) is 9.59 Å². The van der Waals surface area contributed by atoms with E-state index in [0.717, 1.165) is 25.0 Å². The molecule has 1 aliphatic rings. The minimum absolute atomic E-state index is 0.108. The number of nitrogens with zero attached hydrogens (tertiary/aromatic N) is 3. The van der Waals surface area contributed by atoms with E-state index in [4.69, 9.17) is 0 Å². The monoisotopic (exact) mass is 365 g/mol. The molecular formula is C15H19N5O2S2. The van der Waals surface area contributed by atoms with Crippen molar-refractivity contribution >= 4 is 44.8 Å². The number of carbonyl (C=O) groups excluding carboxylic acids is 2. The lowest BCUT2D eigenvalue weighted by atomic mass is 10.0. The average molecular weight is 365 g/mol. The number of nitrogens with one attached hydrogen (secondary N) is 2. The summed E-state index contributed by atoms with van der Waals surface area (Å²) in [5.74, 6) is -0.433. The van der Waals surface area contributed by atoms with Gasteiger partial charge in [-0.2, -0.15) is 0 Å². The molecule has 0 saturated carbocycles. The summed E-state index contributed by atoms with van der Waals surface area (Å²) in [5, 5.41) is 13.9. The van der Waals surface area contributed by atoms with Crippen molar-refractivity contribution in [3.8, 4) is 0 Å². The lowest BCUT2D eigenvalue weighted by Gasteiger charge is -2.06. The molecule has 0 aliphatic heterocycles. The Morgan fingerprint density at radius 3 is 2.42 bits per heavy atom. The maximum absolute atomic E-state index is 12.0. The Balaban J connectivity index is 1.48. The van der Waals surface area contributed by atoms with Crippen LogP contribution < -0.4 is 10.6 Å². The number of carbonyl (C=O) groups is 2. The van der Waals surface area contributed by atoms with Gasteiger partial charge in [-0.1, -0.05) is 24.2 Å². The number of thiazole rings is 1. The molecule has 0 saturated heterocycles. The van der Waals surface area contributed by atoms with Gasteiger partial charge in [0.1, 0.15) is 5.51 Å². The summed E-state index contributed by atoms with van der Waals surface area (Å²) < 4.78 is 0. The summed E-state index contributed by atoms with van der Waals surface area (Å²) in [4.78, 5) is 29.6. The molecule has 2 amide bonds. The fourth-order valence-electron chi connectivity index (χ4n) is 2.58. The van der Waals surface area contributed by atoms with Crippen LogP contribution in [-0.4, -0.2) is 27.0 Å². The van der Waals surface area contributed by atoms with Gasteiger partial charge in [-0.25, -0.2) is 4.98 Å². The molecule has 9 heteroatoms. The van der Waals surface area contributed by atoms with Gasteiger partial charge in [0.2, 0.25) is 16.9 Å². The van der Waals surface area contributed by atoms with Crippen molar-refractivity contribution < 1.29 is 9.59 Å². The molecule has 2 heterocycles. The fraction of sp³-hybridized carbons (Fsp3) is 0.533. The van der Waals surface area contributed by atoms with Gasteiger partial charge in [0.15, 0.2) is 5.13 Å². The minimum atomic E-state index is -0.242. The average Bonchev–Trinajstić information content (AvgIpc) is 3.16. The van der Waals surface area contributed by atoms with E-state index in [2.05, 4.69) is 25.8 Å². The first-order valence-corrected chi connectivity index (χ1v) is 9.75. The Hall–Kier alpha value is -1.87. The van der Waals surface area contributed by atoms with Crippen LogP contribution in [-0.2, 0) is 22.4 Å². The van der Waals surface area contributed by atoms with Crippen molar-refractivity contribution in [3.05, 3.63) is 16.1 Å². The Morgan fingerprint density at radius 1 is 1.00 bits per heavy atom. The highest BCUT2D eigenvalue weighted by atomic mass is 32.1. The number of rotatable bonds is 5. The standard InChI is InChI=1S/C15H19N5O2S2/c21-12(7-8-13(22)19-15-20-16-9-23-15)18-14-17-10-5-3-1-2-4-6-11(10)24-14/h9H,1-8H2,(H,17,18,21)(H,19,20,22). The number of anilines is 2. The van der Waals surface area contributed by atoms with Gasteiger partial charge in [0.05, 0.1) is 5.69 Å². The van der Waals surface area contributed by atoms with Crippen LogP contribution in [0.4, 0.5) is 10.3 Å². The Kier molecular flexibility index (Phi) is 5.86. The Morgan fingerprint density at radius 2 is 1.71 bits per heavy atom. The molecule has 0 unspecified atom stereocenters. The number of fused-ring (bicyclic) bond motifs is 1. The van der Waals surface area contributed by atoms with Crippen molar-refractivity contribution in [2.75, 3.05) is 10.6 Å². The van der Waals surface area contributed by atoms with E-state index in [1.807, 2.05) is 0 Å². The van der Waals surface area contributed by atoms with Gasteiger partial charge in [0, 0.05) is 17.7 Å². The summed E-state index contributed by atoms with van der Waals surface area (Å²) in [7, 11) is 0. The summed E-state index contributed by atoms with van der Waals surface area (Å²) in [6, 6.07) is 0. The normalized spacial score (nSPS) is 14.3. The zero-order chi connectivity index (χ0) is 16.8. The molecule has 2 aromatic heterocycles. The highest BCUT2D eigenvalue weighted by molar-refractivity contribution is 7.15. The van der Waals surface area contributed by atoms with Crippen LogP contribution in [0.5, 0.6) is 0 Å². The third kappa shape index (κ3) is 4.81. The van der Waals surface area contributed by atoms with Crippen LogP contribution in [0.15, 0.2) is 5.51 Å². The smallest absolute Gasteiger partial charge is 0.226 e. The molecule has 0 bridgehead atoms. The second kappa shape index (κ2) is 8.29. The van der Waals surface area contributed by atoms with Gasteiger partial charge in [-0.15, -0.1) is 21.5 Å². The van der Waals surface area contributed by atoms with Crippen LogP contribution in [0, 0.1) is 0 Å². The first-order chi connectivity index (χ1) is 11.7. The van der Waals surface area contributed by atoms with Gasteiger partial charge >= 0.3 is 0 Å². The van der Waals surface area contributed by atoms with Gasteiger partial charge in [-0.3, -0.25) is 9.59 Å². The maximum Gasteiger partial charge on any atom is 0.226 e. The summed E-state index contributed by atoms with van der Waals surface area (Å²) in [5.41, 5.74) is 2.67. The molecule has 24 heavy (non-hydrogen) atoms. The first-order valence-electron chi connectivity index (χ1n) is 8.05. The second-order valence-corrected chi connectivity index (χ2v) is 7.56. The molecule has 0 fully saturated rings. The van der Waals surface area contributed by atoms with E-state index >= 15 is 0 Å². The zero-order valence-corrected chi connectivity index (χ0v) is 14.8. The number of hydrogen-bond acceptors (Lipinski definition) is 7. The number of aromatic nitrogens is 3. The van der Waals surface area contributed by atoms with E-state index in [1.165, 1.54) is 41.0 Å². The van der Waals surface area contributed by atoms with Crippen LogP contribution in [0.3, 0.4) is 0 Å². The summed E-state index contributed by atoms with van der Waals surface area (Å²) in [6.45, 7) is 0. The molecule has 2 aromatic rings. The van der Waals surface area contributed by atoms with Crippen LogP contribution in [0.1, 0.15) is 49.1 Å². The predicted octanol–water partition coefficient (Wildman–Crippen LogP) is 3.01. The van der Waals surface area contributed by atoms with Crippen LogP contribution >= 0.6 is 22.7 Å². The minimum Gasteiger partial charge on any atom is -0.302 e. The molecule has 1 aliphatic carbocycles. The highest BCUT2D eigenvalue weighted by Gasteiger charge is 2.15. The maximum atomic E-state index is 12.0. The van der Waals surface area contributed by atoms with E-state index < -0.39 is 0 Å². The molecule has 0 aromatic carbocycles. The van der Waals surface area contributed by atoms with Crippen molar-refractivity contribution in [2.24, 2.45) is 0 Å². The lowest BCUT2D eigenvalue weighted by Crippen LogP contribution is -2.17. The topological polar surface area (TPSA) is 96.9 Å². The molecule has 0 atom stereocenters. The molecule has 2 N–H and O–H groups in total. The lowest BCUT2D eigenvalue weighted by molar-refractivity contribution is -0.121. The molecule has 0 spiro atoms. The SMILES string of the molecule is O=C(CCC(=O)Nc1nc2c(s1)CCCCCC2)Nc1nncs1. The molecule has 7 nitrogen and oxygen atoms in total. The highest BCUT2D eigenvalue weighted by Crippen LogP contribution is 2.28. The third-order valence-corrected chi connectivity index (χ3v) is 5.46. The van der Waals surface area contributed by atoms with Crippen molar-refractivity contribution in [3.63, 3.8) is 0 Å². The quantitative estimate of drug-likeness (QED) is 0.849. The number of amides is 2. The van der Waals surface area contributed by atoms with Crippen LogP contribution in [0.25, 0.3) is 0 Å². The van der Waals surface area contributed by atoms with Crippen molar-refractivity contribution in [1.82, 2.24) is 15.2 Å². The Bertz CT molecular complexity index is 673.